The van der Waals surface area contributed by atoms with Crippen LogP contribution in [0.3, 0.4) is 0 Å². The van der Waals surface area contributed by atoms with Gasteiger partial charge in [0.15, 0.2) is 0 Å². The summed E-state index contributed by atoms with van der Waals surface area (Å²) in [7, 11) is -0.971. The van der Waals surface area contributed by atoms with Gasteiger partial charge in [-0.3, -0.25) is 9.10 Å². The van der Waals surface area contributed by atoms with Crippen molar-refractivity contribution >= 4 is 51.0 Å². The van der Waals surface area contributed by atoms with Crippen molar-refractivity contribution in [1.82, 2.24) is 9.99 Å². The quantitative estimate of drug-likeness (QED) is 0.314. The van der Waals surface area contributed by atoms with E-state index in [1.807, 2.05) is 30.5 Å². The molecule has 0 fully saturated rings. The molecule has 36 heavy (non-hydrogen) atoms. The molecule has 0 unspecified atom stereocenters. The number of nitrogens with zero attached hydrogens (tertiary/aromatic N) is 3. The summed E-state index contributed by atoms with van der Waals surface area (Å²) in [6.07, 6.45) is 2.49. The fourth-order valence-corrected chi connectivity index (χ4v) is 4.80. The van der Waals surface area contributed by atoms with Gasteiger partial charge in [0.05, 0.1) is 42.4 Å². The molecule has 0 aliphatic heterocycles. The molecule has 1 heterocycles. The first-order valence-electron chi connectivity index (χ1n) is 10.6. The minimum atomic E-state index is -3.83. The van der Waals surface area contributed by atoms with E-state index in [0.717, 1.165) is 33.2 Å². The molecule has 0 saturated heterocycles. The van der Waals surface area contributed by atoms with E-state index in [-0.39, 0.29) is 11.4 Å². The third-order valence-electron chi connectivity index (χ3n) is 5.37. The van der Waals surface area contributed by atoms with Crippen molar-refractivity contribution in [3.05, 3.63) is 69.5 Å². The summed E-state index contributed by atoms with van der Waals surface area (Å²) in [6, 6.07) is 11.9. The number of aromatic nitrogens is 1. The van der Waals surface area contributed by atoms with E-state index in [9.17, 15) is 13.2 Å². The number of nitrogens with one attached hydrogen (secondary N) is 1. The van der Waals surface area contributed by atoms with Crippen molar-refractivity contribution in [1.29, 1.82) is 0 Å². The Morgan fingerprint density at radius 2 is 1.81 bits per heavy atom. The molecule has 9 nitrogen and oxygen atoms in total. The second kappa shape index (κ2) is 11.2. The van der Waals surface area contributed by atoms with Crippen LogP contribution in [0.1, 0.15) is 17.0 Å². The number of carbonyl (C=O) groups is 1. The van der Waals surface area contributed by atoms with Gasteiger partial charge in [-0.25, -0.2) is 13.8 Å². The number of benzene rings is 2. The van der Waals surface area contributed by atoms with E-state index >= 15 is 0 Å². The standard InChI is InChI=1S/C24H26Cl2N4O5S/c1-15-10-17(16(2)30(15)18-6-8-20(25)21(26)11-18)13-27-28-24(31)14-29(36(5,32)33)22-12-19(34-3)7-9-23(22)35-4/h6-13H,14H2,1-5H3,(H,28,31)/b27-13-. The van der Waals surface area contributed by atoms with Crippen molar-refractivity contribution in [2.45, 2.75) is 13.8 Å². The first-order valence-corrected chi connectivity index (χ1v) is 13.2. The third kappa shape index (κ3) is 6.13. The van der Waals surface area contributed by atoms with Crippen molar-refractivity contribution < 1.29 is 22.7 Å². The lowest BCUT2D eigenvalue weighted by Gasteiger charge is -2.23. The lowest BCUT2D eigenvalue weighted by Crippen LogP contribution is -2.39. The molecule has 0 spiro atoms. The lowest BCUT2D eigenvalue weighted by atomic mass is 10.2. The molecule has 1 amide bonds. The number of hydrogen-bond acceptors (Lipinski definition) is 6. The monoisotopic (exact) mass is 552 g/mol. The molecule has 0 atom stereocenters. The number of hydrogen-bond donors (Lipinski definition) is 1. The summed E-state index contributed by atoms with van der Waals surface area (Å²) in [6.45, 7) is 3.32. The molecule has 1 aromatic heterocycles. The summed E-state index contributed by atoms with van der Waals surface area (Å²) in [5.41, 5.74) is 5.93. The highest BCUT2D eigenvalue weighted by molar-refractivity contribution is 7.92. The third-order valence-corrected chi connectivity index (χ3v) is 7.23. The molecule has 0 aliphatic rings. The number of anilines is 1. The van der Waals surface area contributed by atoms with Gasteiger partial charge in [-0.05, 0) is 50.2 Å². The zero-order valence-corrected chi connectivity index (χ0v) is 22.7. The summed E-state index contributed by atoms with van der Waals surface area (Å²) in [5, 5.41) is 4.92. The van der Waals surface area contributed by atoms with E-state index in [4.69, 9.17) is 32.7 Å². The maximum absolute atomic E-state index is 12.6. The second-order valence-corrected chi connectivity index (χ2v) is 10.6. The number of halogens is 2. The molecular formula is C24H26Cl2N4O5S. The minimum absolute atomic E-state index is 0.170. The smallest absolute Gasteiger partial charge is 0.260 e. The SMILES string of the molecule is COc1ccc(OC)c(N(CC(=O)N/N=C\c2cc(C)n(-c3ccc(Cl)c(Cl)c3)c2C)S(C)(=O)=O)c1. The van der Waals surface area contributed by atoms with Crippen LogP contribution in [0.2, 0.25) is 10.0 Å². The Morgan fingerprint density at radius 3 is 2.42 bits per heavy atom. The summed E-state index contributed by atoms with van der Waals surface area (Å²) >= 11 is 12.2. The van der Waals surface area contributed by atoms with Gasteiger partial charge in [0.25, 0.3) is 5.91 Å². The highest BCUT2D eigenvalue weighted by Gasteiger charge is 2.24. The zero-order chi connectivity index (χ0) is 26.6. The number of methoxy groups -OCH3 is 2. The average molecular weight is 553 g/mol. The molecule has 1 N–H and O–H groups in total. The Bertz CT molecular complexity index is 1420. The van der Waals surface area contributed by atoms with Crippen molar-refractivity contribution in [3.63, 3.8) is 0 Å². The van der Waals surface area contributed by atoms with Crippen LogP contribution in [0.4, 0.5) is 5.69 Å². The summed E-state index contributed by atoms with van der Waals surface area (Å²) in [5.74, 6) is 0.0438. The van der Waals surface area contributed by atoms with E-state index in [0.29, 0.717) is 15.8 Å². The Morgan fingerprint density at radius 1 is 1.08 bits per heavy atom. The number of amides is 1. The number of sulfonamides is 1. The fourth-order valence-electron chi connectivity index (χ4n) is 3.65. The van der Waals surface area contributed by atoms with Crippen molar-refractivity contribution in [2.24, 2.45) is 5.10 Å². The fraction of sp³-hybridized carbons (Fsp3) is 0.250. The molecule has 2 aromatic carbocycles. The summed E-state index contributed by atoms with van der Waals surface area (Å²) < 4.78 is 38.3. The van der Waals surface area contributed by atoms with Gasteiger partial charge in [-0.2, -0.15) is 5.10 Å². The molecule has 0 aliphatic carbocycles. The molecule has 192 valence electrons. The number of hydrazone groups is 1. The molecular weight excluding hydrogens is 527 g/mol. The van der Waals surface area contributed by atoms with Gasteiger partial charge in [-0.15, -0.1) is 0 Å². The van der Waals surface area contributed by atoms with Crippen molar-refractivity contribution in [3.8, 4) is 17.2 Å². The largest absolute Gasteiger partial charge is 0.497 e. The van der Waals surface area contributed by atoms with Crippen LogP contribution < -0.4 is 19.2 Å². The Kier molecular flexibility index (Phi) is 8.55. The van der Waals surface area contributed by atoms with Crippen LogP contribution in [-0.2, 0) is 14.8 Å². The normalized spacial score (nSPS) is 11.5. The van der Waals surface area contributed by atoms with Gasteiger partial charge in [0.1, 0.15) is 18.0 Å². The lowest BCUT2D eigenvalue weighted by molar-refractivity contribution is -0.119. The minimum Gasteiger partial charge on any atom is -0.497 e. The van der Waals surface area contributed by atoms with Gasteiger partial charge >= 0.3 is 0 Å². The Hall–Kier alpha value is -3.21. The van der Waals surface area contributed by atoms with Gasteiger partial charge in [0, 0.05) is 28.7 Å². The molecule has 0 radical (unpaired) electrons. The average Bonchev–Trinajstić information content (AvgIpc) is 3.11. The van der Waals surface area contributed by atoms with Crippen molar-refractivity contribution in [2.75, 3.05) is 31.3 Å². The van der Waals surface area contributed by atoms with Crippen LogP contribution in [0, 0.1) is 13.8 Å². The molecule has 0 saturated carbocycles. The first-order chi connectivity index (χ1) is 17.0. The molecule has 3 rings (SSSR count). The predicted octanol–water partition coefficient (Wildman–Crippen LogP) is 4.33. The molecule has 12 heteroatoms. The number of carbonyl (C=O) groups excluding carboxylic acids is 1. The molecule has 3 aromatic rings. The van der Waals surface area contributed by atoms with Crippen LogP contribution in [-0.4, -0.2) is 52.1 Å². The number of aryl methyl sites for hydroxylation is 1. The molecule has 0 bridgehead atoms. The van der Waals surface area contributed by atoms with Crippen LogP contribution in [0.25, 0.3) is 5.69 Å². The van der Waals surface area contributed by atoms with E-state index in [1.165, 1.54) is 26.5 Å². The van der Waals surface area contributed by atoms with E-state index < -0.39 is 22.5 Å². The number of rotatable bonds is 9. The first kappa shape index (κ1) is 27.4. The second-order valence-electron chi connectivity index (χ2n) is 7.86. The Labute approximate surface area is 220 Å². The maximum Gasteiger partial charge on any atom is 0.260 e. The van der Waals surface area contributed by atoms with Crippen LogP contribution in [0.15, 0.2) is 47.6 Å². The topological polar surface area (TPSA) is 102 Å². The van der Waals surface area contributed by atoms with Gasteiger partial charge in [-0.1, -0.05) is 23.2 Å². The Balaban J connectivity index is 1.80. The van der Waals surface area contributed by atoms with Crippen LogP contribution in [0.5, 0.6) is 11.5 Å². The highest BCUT2D eigenvalue weighted by Crippen LogP contribution is 2.33. The van der Waals surface area contributed by atoms with Gasteiger partial charge < -0.3 is 14.0 Å². The zero-order valence-electron chi connectivity index (χ0n) is 20.4. The van der Waals surface area contributed by atoms with Crippen LogP contribution >= 0.6 is 23.2 Å². The summed E-state index contributed by atoms with van der Waals surface area (Å²) in [4.78, 5) is 12.6. The van der Waals surface area contributed by atoms with E-state index in [1.54, 1.807) is 24.3 Å². The predicted molar refractivity (Wildman–Crippen MR) is 143 cm³/mol. The van der Waals surface area contributed by atoms with E-state index in [2.05, 4.69) is 10.5 Å². The maximum atomic E-state index is 12.6. The highest BCUT2D eigenvalue weighted by atomic mass is 35.5. The van der Waals surface area contributed by atoms with Gasteiger partial charge in [0.2, 0.25) is 10.0 Å². The number of ether oxygens (including phenoxy) is 2.